The highest BCUT2D eigenvalue weighted by atomic mass is 15.2. The van der Waals surface area contributed by atoms with Crippen LogP contribution < -0.4 is 5.73 Å². The molecule has 2 heteroatoms. The van der Waals surface area contributed by atoms with Crippen LogP contribution in [0.25, 0.3) is 0 Å². The summed E-state index contributed by atoms with van der Waals surface area (Å²) in [6, 6.07) is 1.07. The predicted molar refractivity (Wildman–Crippen MR) is 60.1 cm³/mol. The highest BCUT2D eigenvalue weighted by Crippen LogP contribution is 2.22. The molecule has 0 bridgehead atoms. The summed E-state index contributed by atoms with van der Waals surface area (Å²) in [5.74, 6) is 0.707. The van der Waals surface area contributed by atoms with Gasteiger partial charge in [-0.1, -0.05) is 19.1 Å². The molecule has 14 heavy (non-hydrogen) atoms. The van der Waals surface area contributed by atoms with Crippen molar-refractivity contribution < 1.29 is 0 Å². The van der Waals surface area contributed by atoms with Gasteiger partial charge in [-0.25, -0.2) is 0 Å². The molecule has 3 atom stereocenters. The van der Waals surface area contributed by atoms with Crippen LogP contribution in [0, 0.1) is 5.92 Å². The normalized spacial score (nSPS) is 40.0. The van der Waals surface area contributed by atoms with Gasteiger partial charge < -0.3 is 5.73 Å². The summed E-state index contributed by atoms with van der Waals surface area (Å²) < 4.78 is 0. The van der Waals surface area contributed by atoms with E-state index in [4.69, 9.17) is 5.73 Å². The summed E-state index contributed by atoms with van der Waals surface area (Å²) in [6.45, 7) is 4.61. The minimum absolute atomic E-state index is 0.388. The van der Waals surface area contributed by atoms with E-state index in [0.29, 0.717) is 18.0 Å². The van der Waals surface area contributed by atoms with Gasteiger partial charge in [0.15, 0.2) is 0 Å². The van der Waals surface area contributed by atoms with Crippen molar-refractivity contribution in [1.82, 2.24) is 4.90 Å². The van der Waals surface area contributed by atoms with Crippen LogP contribution in [0.15, 0.2) is 12.2 Å². The first-order valence-electron chi connectivity index (χ1n) is 5.93. The topological polar surface area (TPSA) is 29.3 Å². The second-order valence-corrected chi connectivity index (χ2v) is 4.85. The third-order valence-corrected chi connectivity index (χ3v) is 3.75. The first-order valence-corrected chi connectivity index (χ1v) is 5.93. The van der Waals surface area contributed by atoms with Crippen LogP contribution in [-0.4, -0.2) is 30.1 Å². The Morgan fingerprint density at radius 2 is 2.21 bits per heavy atom. The second-order valence-electron chi connectivity index (χ2n) is 4.85. The van der Waals surface area contributed by atoms with Gasteiger partial charge >= 0.3 is 0 Å². The molecule has 0 aromatic heterocycles. The van der Waals surface area contributed by atoms with Gasteiger partial charge in [0, 0.05) is 18.6 Å². The Morgan fingerprint density at radius 3 is 2.86 bits per heavy atom. The summed E-state index contributed by atoms with van der Waals surface area (Å²) in [5, 5.41) is 0. The molecule has 3 unspecified atom stereocenters. The molecule has 0 amide bonds. The van der Waals surface area contributed by atoms with Gasteiger partial charge in [0.1, 0.15) is 0 Å². The van der Waals surface area contributed by atoms with Crippen LogP contribution in [0.1, 0.15) is 32.6 Å². The molecule has 0 aromatic rings. The van der Waals surface area contributed by atoms with Gasteiger partial charge in [-0.2, -0.15) is 0 Å². The van der Waals surface area contributed by atoms with E-state index in [-0.39, 0.29) is 0 Å². The number of likely N-dealkylation sites (tertiary alicyclic amines) is 1. The fourth-order valence-corrected chi connectivity index (χ4v) is 2.53. The number of hydrogen-bond donors (Lipinski definition) is 1. The third-order valence-electron chi connectivity index (χ3n) is 3.75. The molecule has 80 valence electrons. The van der Waals surface area contributed by atoms with Gasteiger partial charge in [-0.3, -0.25) is 4.90 Å². The van der Waals surface area contributed by atoms with Crippen LogP contribution in [0.3, 0.4) is 0 Å². The Bertz CT molecular complexity index is 212. The van der Waals surface area contributed by atoms with Crippen molar-refractivity contribution in [3.8, 4) is 0 Å². The van der Waals surface area contributed by atoms with Crippen molar-refractivity contribution in [3.63, 3.8) is 0 Å². The average Bonchev–Trinajstić information content (AvgIpc) is 2.23. The maximum Gasteiger partial charge on any atom is 0.0278 e. The molecule has 2 rings (SSSR count). The van der Waals surface area contributed by atoms with E-state index in [0.717, 1.165) is 6.54 Å². The SMILES string of the molecule is CC1CCN(C2C=CCCC2)CC1N. The Kier molecular flexibility index (Phi) is 3.24. The van der Waals surface area contributed by atoms with Crippen molar-refractivity contribution in [3.05, 3.63) is 12.2 Å². The third kappa shape index (κ3) is 2.18. The highest BCUT2D eigenvalue weighted by Gasteiger charge is 2.27. The number of rotatable bonds is 1. The quantitative estimate of drug-likeness (QED) is 0.645. The largest absolute Gasteiger partial charge is 0.326 e. The van der Waals surface area contributed by atoms with Crippen LogP contribution >= 0.6 is 0 Å². The maximum absolute atomic E-state index is 6.11. The van der Waals surface area contributed by atoms with Crippen LogP contribution in [0.5, 0.6) is 0 Å². The van der Waals surface area contributed by atoms with Gasteiger partial charge in [0.25, 0.3) is 0 Å². The van der Waals surface area contributed by atoms with Gasteiger partial charge in [0.05, 0.1) is 0 Å². The Hall–Kier alpha value is -0.340. The smallest absolute Gasteiger partial charge is 0.0278 e. The van der Waals surface area contributed by atoms with Crippen molar-refractivity contribution in [1.29, 1.82) is 0 Å². The van der Waals surface area contributed by atoms with Gasteiger partial charge in [0.2, 0.25) is 0 Å². The van der Waals surface area contributed by atoms with Crippen molar-refractivity contribution in [2.45, 2.75) is 44.7 Å². The van der Waals surface area contributed by atoms with E-state index in [9.17, 15) is 0 Å². The summed E-state index contributed by atoms with van der Waals surface area (Å²) in [6.07, 6.45) is 9.93. The zero-order valence-electron chi connectivity index (χ0n) is 9.15. The van der Waals surface area contributed by atoms with Crippen LogP contribution in [-0.2, 0) is 0 Å². The monoisotopic (exact) mass is 194 g/mol. The minimum atomic E-state index is 0.388. The number of nitrogens with zero attached hydrogens (tertiary/aromatic N) is 1. The molecule has 1 aliphatic carbocycles. The average molecular weight is 194 g/mol. The summed E-state index contributed by atoms with van der Waals surface area (Å²) in [7, 11) is 0. The molecule has 0 spiro atoms. The van der Waals surface area contributed by atoms with E-state index in [1.165, 1.54) is 32.2 Å². The fourth-order valence-electron chi connectivity index (χ4n) is 2.53. The zero-order chi connectivity index (χ0) is 9.97. The van der Waals surface area contributed by atoms with Crippen molar-refractivity contribution >= 4 is 0 Å². The van der Waals surface area contributed by atoms with E-state index >= 15 is 0 Å². The van der Waals surface area contributed by atoms with Crippen molar-refractivity contribution in [2.75, 3.05) is 13.1 Å². The number of nitrogens with two attached hydrogens (primary N) is 1. The molecule has 1 saturated heterocycles. The molecular weight excluding hydrogens is 172 g/mol. The molecule has 1 fully saturated rings. The molecule has 2 aliphatic rings. The molecule has 1 heterocycles. The van der Waals surface area contributed by atoms with E-state index < -0.39 is 0 Å². The number of allylic oxidation sites excluding steroid dienone is 1. The van der Waals surface area contributed by atoms with Crippen LogP contribution in [0.4, 0.5) is 0 Å². The lowest BCUT2D eigenvalue weighted by Gasteiger charge is -2.39. The fraction of sp³-hybridized carbons (Fsp3) is 0.833. The number of hydrogen-bond acceptors (Lipinski definition) is 2. The molecule has 2 nitrogen and oxygen atoms in total. The molecule has 2 N–H and O–H groups in total. The second kappa shape index (κ2) is 4.45. The van der Waals surface area contributed by atoms with E-state index in [2.05, 4.69) is 24.0 Å². The summed E-state index contributed by atoms with van der Waals surface area (Å²) in [5.41, 5.74) is 6.11. The molecule has 1 aliphatic heterocycles. The van der Waals surface area contributed by atoms with E-state index in [1.807, 2.05) is 0 Å². The lowest BCUT2D eigenvalue weighted by Crippen LogP contribution is -2.51. The predicted octanol–water partition coefficient (Wildman–Crippen LogP) is 1.76. The number of piperidine rings is 1. The van der Waals surface area contributed by atoms with Crippen molar-refractivity contribution in [2.24, 2.45) is 11.7 Å². The first kappa shape index (κ1) is 10.2. The minimum Gasteiger partial charge on any atom is -0.326 e. The lowest BCUT2D eigenvalue weighted by atomic mass is 9.91. The Balaban J connectivity index is 1.92. The van der Waals surface area contributed by atoms with Crippen LogP contribution in [0.2, 0.25) is 0 Å². The molecular formula is C12H22N2. The summed E-state index contributed by atoms with van der Waals surface area (Å²) >= 11 is 0. The van der Waals surface area contributed by atoms with E-state index in [1.54, 1.807) is 0 Å². The Morgan fingerprint density at radius 1 is 1.36 bits per heavy atom. The maximum atomic E-state index is 6.11. The zero-order valence-corrected chi connectivity index (χ0v) is 9.15. The van der Waals surface area contributed by atoms with Gasteiger partial charge in [-0.15, -0.1) is 0 Å². The molecule has 0 aromatic carbocycles. The molecule has 0 radical (unpaired) electrons. The van der Waals surface area contributed by atoms with Gasteiger partial charge in [-0.05, 0) is 38.1 Å². The lowest BCUT2D eigenvalue weighted by molar-refractivity contribution is 0.133. The summed E-state index contributed by atoms with van der Waals surface area (Å²) in [4.78, 5) is 2.57. The standard InChI is InChI=1S/C12H22N2/c1-10-7-8-14(9-12(10)13)11-5-3-2-4-6-11/h3,5,10-12H,2,4,6-9,13H2,1H3. The Labute approximate surface area is 87.2 Å². The molecule has 0 saturated carbocycles. The first-order chi connectivity index (χ1) is 6.77. The highest BCUT2D eigenvalue weighted by molar-refractivity contribution is 5.00.